The molecule has 0 spiro atoms. The van der Waals surface area contributed by atoms with Gasteiger partial charge in [-0.15, -0.1) is 0 Å². The van der Waals surface area contributed by atoms with Crippen LogP contribution in [0, 0.1) is 0 Å². The van der Waals surface area contributed by atoms with E-state index in [9.17, 15) is 24.0 Å². The van der Waals surface area contributed by atoms with Crippen LogP contribution in [0.4, 0.5) is 0 Å². The second-order valence-electron chi connectivity index (χ2n) is 9.34. The molecule has 0 aromatic heterocycles. The lowest BCUT2D eigenvalue weighted by molar-refractivity contribution is -0.159. The molecule has 2 unspecified atom stereocenters. The van der Waals surface area contributed by atoms with Crippen molar-refractivity contribution < 1.29 is 33.8 Å². The Morgan fingerprint density at radius 3 is 1.81 bits per heavy atom. The smallest absolute Gasteiger partial charge is 0.333 e. The fourth-order valence-corrected chi connectivity index (χ4v) is 3.91. The van der Waals surface area contributed by atoms with Gasteiger partial charge in [-0.25, -0.2) is 4.79 Å². The monoisotopic (exact) mass is 545 g/mol. The maximum absolute atomic E-state index is 12.2. The number of unbranched alkanes of at least 4 members (excludes halogenated alkanes) is 12. The van der Waals surface area contributed by atoms with Gasteiger partial charge in [0.25, 0.3) is 0 Å². The Morgan fingerprint density at radius 2 is 1.32 bits per heavy atom. The third kappa shape index (κ3) is 20.6. The summed E-state index contributed by atoms with van der Waals surface area (Å²) in [5, 5.41) is 13.4. The molecule has 5 N–H and O–H groups in total. The maximum atomic E-state index is 12.2. The average Bonchev–Trinajstić information content (AvgIpc) is 2.86. The summed E-state index contributed by atoms with van der Waals surface area (Å²) in [7, 11) is 0. The van der Waals surface area contributed by atoms with Crippen LogP contribution < -0.4 is 16.4 Å². The number of ether oxygens (including phenoxy) is 1. The highest BCUT2D eigenvalue weighted by Gasteiger charge is 2.22. The van der Waals surface area contributed by atoms with Gasteiger partial charge in [-0.3, -0.25) is 19.2 Å². The summed E-state index contributed by atoms with van der Waals surface area (Å²) in [4.78, 5) is 58.4. The number of hydrogen-bond donors (Lipinski definition) is 5. The zero-order valence-corrected chi connectivity index (χ0v) is 23.2. The standard InChI is InChI=1S/C26H47N3O7S/c1-2-3-4-5-6-7-8-9-10-11-12-13-14-15-23(31)36-24(32)18-28-25(33)21(19-37)29-22(30)17-16-20(27)26(34)35/h20-21,37H,2-19,27H2,1H3,(H,28,33)(H,29,30)(H,34,35). The molecule has 0 aromatic carbocycles. The summed E-state index contributed by atoms with van der Waals surface area (Å²) in [6.45, 7) is 1.71. The zero-order valence-electron chi connectivity index (χ0n) is 22.3. The number of rotatable bonds is 23. The van der Waals surface area contributed by atoms with Gasteiger partial charge in [0.05, 0.1) is 0 Å². The van der Waals surface area contributed by atoms with E-state index < -0.39 is 48.4 Å². The maximum Gasteiger partial charge on any atom is 0.333 e. The van der Waals surface area contributed by atoms with Crippen molar-refractivity contribution in [1.82, 2.24) is 10.6 Å². The minimum absolute atomic E-state index is 0.0460. The number of carboxylic acids is 1. The van der Waals surface area contributed by atoms with Crippen LogP contribution in [0.3, 0.4) is 0 Å². The quantitative estimate of drug-likeness (QED) is 0.0565. The molecule has 0 aliphatic rings. The molecule has 37 heavy (non-hydrogen) atoms. The van der Waals surface area contributed by atoms with E-state index in [1.54, 1.807) is 0 Å². The Bertz CT molecular complexity index is 691. The lowest BCUT2D eigenvalue weighted by Gasteiger charge is -2.16. The minimum atomic E-state index is -1.22. The lowest BCUT2D eigenvalue weighted by atomic mass is 10.0. The van der Waals surface area contributed by atoms with Crippen LogP contribution in [0.2, 0.25) is 0 Å². The molecule has 0 bridgehead atoms. The summed E-state index contributed by atoms with van der Waals surface area (Å²) in [6, 6.07) is -2.22. The number of esters is 2. The van der Waals surface area contributed by atoms with Crippen molar-refractivity contribution in [3.05, 3.63) is 0 Å². The number of hydrogen-bond acceptors (Lipinski definition) is 8. The normalized spacial score (nSPS) is 12.4. The predicted octanol–water partition coefficient (Wildman–Crippen LogP) is 3.26. The Labute approximate surface area is 226 Å². The van der Waals surface area contributed by atoms with Gasteiger partial charge < -0.3 is 26.2 Å². The molecule has 0 saturated carbocycles. The summed E-state index contributed by atoms with van der Waals surface area (Å²) in [5.41, 5.74) is 5.34. The Hall–Kier alpha value is -2.14. The van der Waals surface area contributed by atoms with E-state index in [0.29, 0.717) is 6.42 Å². The van der Waals surface area contributed by atoms with Gasteiger partial charge >= 0.3 is 17.9 Å². The van der Waals surface area contributed by atoms with Gasteiger partial charge in [-0.2, -0.15) is 12.6 Å². The summed E-state index contributed by atoms with van der Waals surface area (Å²) in [5.74, 6) is -4.03. The largest absolute Gasteiger partial charge is 0.480 e. The first-order valence-corrected chi connectivity index (χ1v) is 14.2. The highest BCUT2D eigenvalue weighted by molar-refractivity contribution is 7.80. The fourth-order valence-electron chi connectivity index (χ4n) is 3.65. The molecule has 2 amide bonds. The van der Waals surface area contributed by atoms with Gasteiger partial charge in [0, 0.05) is 18.6 Å². The number of nitrogens with one attached hydrogen (secondary N) is 2. The molecule has 214 valence electrons. The molecule has 0 saturated heterocycles. The summed E-state index contributed by atoms with van der Waals surface area (Å²) in [6.07, 6.45) is 15.3. The number of carbonyl (C=O) groups excluding carboxylic acids is 4. The van der Waals surface area contributed by atoms with Gasteiger partial charge in [0.1, 0.15) is 18.6 Å². The van der Waals surface area contributed by atoms with E-state index in [1.165, 1.54) is 57.8 Å². The van der Waals surface area contributed by atoms with Gasteiger partial charge in [-0.05, 0) is 12.8 Å². The second kappa shape index (κ2) is 23.0. The molecular formula is C26H47N3O7S. The third-order valence-corrected chi connectivity index (χ3v) is 6.32. The van der Waals surface area contributed by atoms with E-state index in [-0.39, 0.29) is 25.0 Å². The van der Waals surface area contributed by atoms with Crippen LogP contribution in [0.15, 0.2) is 0 Å². The third-order valence-electron chi connectivity index (χ3n) is 5.95. The zero-order chi connectivity index (χ0) is 27.9. The minimum Gasteiger partial charge on any atom is -0.480 e. The molecule has 0 fully saturated rings. The molecule has 0 heterocycles. The average molecular weight is 546 g/mol. The second-order valence-corrected chi connectivity index (χ2v) is 9.71. The number of nitrogens with two attached hydrogens (primary N) is 1. The fraction of sp³-hybridized carbons (Fsp3) is 0.808. The van der Waals surface area contributed by atoms with E-state index in [0.717, 1.165) is 19.3 Å². The molecule has 11 heteroatoms. The number of thiol groups is 1. The van der Waals surface area contributed by atoms with Crippen LogP contribution >= 0.6 is 12.6 Å². The number of carboxylic acid groups (broad SMARTS) is 1. The van der Waals surface area contributed by atoms with Gasteiger partial charge in [0.15, 0.2) is 0 Å². The van der Waals surface area contributed by atoms with Crippen molar-refractivity contribution in [2.24, 2.45) is 5.73 Å². The molecule has 0 aromatic rings. The Balaban J connectivity index is 3.86. The van der Waals surface area contributed by atoms with Crippen LogP contribution in [0.1, 0.15) is 110 Å². The van der Waals surface area contributed by atoms with Crippen molar-refractivity contribution in [2.75, 3.05) is 12.3 Å². The molecule has 10 nitrogen and oxygen atoms in total. The topological polar surface area (TPSA) is 165 Å². The van der Waals surface area contributed by atoms with Crippen LogP contribution in [-0.4, -0.2) is 59.2 Å². The molecule has 0 radical (unpaired) electrons. The molecular weight excluding hydrogens is 498 g/mol. The first-order valence-electron chi connectivity index (χ1n) is 13.6. The van der Waals surface area contributed by atoms with Crippen molar-refractivity contribution in [2.45, 2.75) is 122 Å². The van der Waals surface area contributed by atoms with Crippen molar-refractivity contribution in [3.8, 4) is 0 Å². The highest BCUT2D eigenvalue weighted by atomic mass is 32.1. The number of carbonyl (C=O) groups is 5. The lowest BCUT2D eigenvalue weighted by Crippen LogP contribution is -2.49. The first-order chi connectivity index (χ1) is 17.7. The molecule has 0 rings (SSSR count). The van der Waals surface area contributed by atoms with Crippen LogP contribution in [0.5, 0.6) is 0 Å². The van der Waals surface area contributed by atoms with Crippen molar-refractivity contribution in [3.63, 3.8) is 0 Å². The van der Waals surface area contributed by atoms with Crippen molar-refractivity contribution >= 4 is 42.4 Å². The van der Waals surface area contributed by atoms with Gasteiger partial charge in [-0.1, -0.05) is 84.0 Å². The number of aliphatic carboxylic acids is 1. The van der Waals surface area contributed by atoms with E-state index in [4.69, 9.17) is 15.6 Å². The molecule has 0 aliphatic heterocycles. The van der Waals surface area contributed by atoms with Crippen LogP contribution in [0.25, 0.3) is 0 Å². The molecule has 0 aliphatic carbocycles. The Kier molecular flexibility index (Phi) is 21.7. The van der Waals surface area contributed by atoms with E-state index in [1.807, 2.05) is 0 Å². The number of amides is 2. The SMILES string of the molecule is CCCCCCCCCCCCCCCC(=O)OC(=O)CNC(=O)C(CS)NC(=O)CCC(N)C(=O)O. The summed E-state index contributed by atoms with van der Waals surface area (Å²) >= 11 is 4.00. The van der Waals surface area contributed by atoms with E-state index >= 15 is 0 Å². The van der Waals surface area contributed by atoms with Crippen LogP contribution in [-0.2, 0) is 28.7 Å². The van der Waals surface area contributed by atoms with Crippen molar-refractivity contribution in [1.29, 1.82) is 0 Å². The van der Waals surface area contributed by atoms with E-state index in [2.05, 4.69) is 30.2 Å². The summed E-state index contributed by atoms with van der Waals surface area (Å²) < 4.78 is 4.72. The first kappa shape index (κ1) is 34.9. The molecule has 2 atom stereocenters. The Morgan fingerprint density at radius 1 is 0.811 bits per heavy atom. The van der Waals surface area contributed by atoms with Gasteiger partial charge in [0.2, 0.25) is 11.8 Å². The highest BCUT2D eigenvalue weighted by Crippen LogP contribution is 2.13. The predicted molar refractivity (Wildman–Crippen MR) is 145 cm³/mol.